The van der Waals surface area contributed by atoms with E-state index in [1.165, 1.54) is 0 Å². The Morgan fingerprint density at radius 2 is 2.22 bits per heavy atom. The molecule has 0 fully saturated rings. The number of hydrogen-bond acceptors (Lipinski definition) is 5. The lowest BCUT2D eigenvalue weighted by molar-refractivity contribution is 0.405. The van der Waals surface area contributed by atoms with E-state index in [1.807, 2.05) is 18.3 Å². The molecule has 0 spiro atoms. The van der Waals surface area contributed by atoms with Crippen LogP contribution in [0.5, 0.6) is 0 Å². The summed E-state index contributed by atoms with van der Waals surface area (Å²) in [5.74, 6) is 0.863. The van der Waals surface area contributed by atoms with Crippen LogP contribution in [0.3, 0.4) is 0 Å². The number of hydrogen-bond donors (Lipinski definition) is 2. The van der Waals surface area contributed by atoms with Crippen molar-refractivity contribution in [2.24, 2.45) is 5.73 Å². The molecule has 2 aromatic rings. The summed E-state index contributed by atoms with van der Waals surface area (Å²) in [6.07, 6.45) is 2.95. The molecule has 0 saturated carbocycles. The molecule has 0 aliphatic rings. The van der Waals surface area contributed by atoms with E-state index in [-0.39, 0.29) is 0 Å². The fraction of sp³-hybridized carbons (Fsp3) is 0.500. The average Bonchev–Trinajstić information content (AvgIpc) is 2.76. The van der Waals surface area contributed by atoms with Crippen LogP contribution in [0.2, 0.25) is 0 Å². The Morgan fingerprint density at radius 3 is 2.94 bits per heavy atom. The zero-order valence-corrected chi connectivity index (χ0v) is 10.9. The number of nitrogens with two attached hydrogens (primary N) is 1. The van der Waals surface area contributed by atoms with Gasteiger partial charge in [0.2, 0.25) is 0 Å². The molecule has 0 aromatic carbocycles. The highest BCUT2D eigenvalue weighted by Crippen LogP contribution is 2.07. The Balaban J connectivity index is 1.97. The summed E-state index contributed by atoms with van der Waals surface area (Å²) in [6.45, 7) is 2.42. The minimum Gasteiger partial charge on any atom is -0.369 e. The molecule has 2 aromatic heterocycles. The number of nitrogens with zero attached hydrogens (tertiary/aromatic N) is 4. The Kier molecular flexibility index (Phi) is 4.11. The number of imidazole rings is 1. The predicted molar refractivity (Wildman–Crippen MR) is 72.5 cm³/mol. The summed E-state index contributed by atoms with van der Waals surface area (Å²) in [5, 5.41) is 7.74. The van der Waals surface area contributed by atoms with E-state index >= 15 is 0 Å². The Bertz CT molecular complexity index is 504. The van der Waals surface area contributed by atoms with Crippen LogP contribution in [0, 0.1) is 0 Å². The summed E-state index contributed by atoms with van der Waals surface area (Å²) in [5.41, 5.74) is 7.24. The zero-order valence-electron chi connectivity index (χ0n) is 10.9. The SMILES string of the molecule is CN(C)CCCNc1ccc2nc(CN)cn2n1. The summed E-state index contributed by atoms with van der Waals surface area (Å²) in [6, 6.07) is 3.89. The van der Waals surface area contributed by atoms with E-state index < -0.39 is 0 Å². The summed E-state index contributed by atoms with van der Waals surface area (Å²) < 4.78 is 1.76. The minimum atomic E-state index is 0.439. The molecule has 2 heterocycles. The van der Waals surface area contributed by atoms with E-state index in [1.54, 1.807) is 4.52 Å². The van der Waals surface area contributed by atoms with Crippen LogP contribution in [0.1, 0.15) is 12.1 Å². The number of nitrogens with one attached hydrogen (secondary N) is 1. The van der Waals surface area contributed by atoms with Crippen LogP contribution in [0.4, 0.5) is 5.82 Å². The van der Waals surface area contributed by atoms with Crippen molar-refractivity contribution in [3.05, 3.63) is 24.0 Å². The Morgan fingerprint density at radius 1 is 1.39 bits per heavy atom. The van der Waals surface area contributed by atoms with Gasteiger partial charge in [0, 0.05) is 13.1 Å². The number of aromatic nitrogens is 3. The highest BCUT2D eigenvalue weighted by molar-refractivity contribution is 5.45. The molecule has 0 bridgehead atoms. The maximum absolute atomic E-state index is 5.55. The maximum Gasteiger partial charge on any atom is 0.153 e. The van der Waals surface area contributed by atoms with Gasteiger partial charge in [0.1, 0.15) is 5.82 Å². The molecule has 0 aliphatic heterocycles. The van der Waals surface area contributed by atoms with Crippen LogP contribution < -0.4 is 11.1 Å². The molecule has 98 valence electrons. The second-order valence-corrected chi connectivity index (χ2v) is 4.54. The van der Waals surface area contributed by atoms with E-state index in [0.29, 0.717) is 6.54 Å². The van der Waals surface area contributed by atoms with Gasteiger partial charge in [-0.2, -0.15) is 0 Å². The van der Waals surface area contributed by atoms with Gasteiger partial charge in [0.15, 0.2) is 5.65 Å². The molecular formula is C12H20N6. The number of rotatable bonds is 6. The van der Waals surface area contributed by atoms with Crippen LogP contribution in [-0.2, 0) is 6.54 Å². The summed E-state index contributed by atoms with van der Waals surface area (Å²) >= 11 is 0. The monoisotopic (exact) mass is 248 g/mol. The molecular weight excluding hydrogens is 228 g/mol. The molecule has 0 unspecified atom stereocenters. The number of fused-ring (bicyclic) bond motifs is 1. The molecule has 0 radical (unpaired) electrons. The lowest BCUT2D eigenvalue weighted by Gasteiger charge is -2.10. The van der Waals surface area contributed by atoms with Crippen molar-refractivity contribution >= 4 is 11.5 Å². The summed E-state index contributed by atoms with van der Waals surface area (Å²) in [7, 11) is 4.15. The molecule has 6 nitrogen and oxygen atoms in total. The molecule has 0 amide bonds. The lowest BCUT2D eigenvalue weighted by atomic mass is 10.4. The van der Waals surface area contributed by atoms with Gasteiger partial charge in [-0.15, -0.1) is 5.10 Å². The number of anilines is 1. The van der Waals surface area contributed by atoms with Crippen molar-refractivity contribution in [1.82, 2.24) is 19.5 Å². The fourth-order valence-electron chi connectivity index (χ4n) is 1.74. The summed E-state index contributed by atoms with van der Waals surface area (Å²) in [4.78, 5) is 6.50. The van der Waals surface area contributed by atoms with Crippen LogP contribution in [0.25, 0.3) is 5.65 Å². The molecule has 0 atom stereocenters. The average molecular weight is 248 g/mol. The molecule has 2 rings (SSSR count). The second kappa shape index (κ2) is 5.79. The molecule has 3 N–H and O–H groups in total. The van der Waals surface area contributed by atoms with Crippen LogP contribution in [-0.4, -0.2) is 46.7 Å². The van der Waals surface area contributed by atoms with Crippen molar-refractivity contribution in [3.8, 4) is 0 Å². The van der Waals surface area contributed by atoms with Gasteiger partial charge in [-0.25, -0.2) is 9.50 Å². The first-order valence-electron chi connectivity index (χ1n) is 6.13. The highest BCUT2D eigenvalue weighted by Gasteiger charge is 2.02. The minimum absolute atomic E-state index is 0.439. The predicted octanol–water partition coefficient (Wildman–Crippen LogP) is 0.552. The van der Waals surface area contributed by atoms with Gasteiger partial charge in [-0.1, -0.05) is 0 Å². The van der Waals surface area contributed by atoms with Gasteiger partial charge >= 0.3 is 0 Å². The van der Waals surface area contributed by atoms with Crippen molar-refractivity contribution in [3.63, 3.8) is 0 Å². The van der Waals surface area contributed by atoms with E-state index in [9.17, 15) is 0 Å². The first-order valence-corrected chi connectivity index (χ1v) is 6.13. The standard InChI is InChI=1S/C12H20N6/c1-17(2)7-3-6-14-11-4-5-12-15-10(8-13)9-18(12)16-11/h4-5,9H,3,6-8,13H2,1-2H3,(H,14,16). The van der Waals surface area contributed by atoms with Crippen LogP contribution >= 0.6 is 0 Å². The van der Waals surface area contributed by atoms with Gasteiger partial charge < -0.3 is 16.0 Å². The molecule has 0 saturated heterocycles. The van der Waals surface area contributed by atoms with Gasteiger partial charge in [-0.05, 0) is 39.2 Å². The van der Waals surface area contributed by atoms with Crippen LogP contribution in [0.15, 0.2) is 18.3 Å². The quantitative estimate of drug-likeness (QED) is 0.731. The smallest absolute Gasteiger partial charge is 0.153 e. The highest BCUT2D eigenvalue weighted by atomic mass is 15.3. The van der Waals surface area contributed by atoms with Gasteiger partial charge in [-0.3, -0.25) is 0 Å². The molecule has 0 aliphatic carbocycles. The third-order valence-electron chi connectivity index (χ3n) is 2.67. The van der Waals surface area contributed by atoms with Crippen molar-refractivity contribution in [2.75, 3.05) is 32.5 Å². The first kappa shape index (κ1) is 12.8. The fourth-order valence-corrected chi connectivity index (χ4v) is 1.74. The Hall–Kier alpha value is -1.66. The molecule has 18 heavy (non-hydrogen) atoms. The second-order valence-electron chi connectivity index (χ2n) is 4.54. The topological polar surface area (TPSA) is 71.5 Å². The van der Waals surface area contributed by atoms with Crippen molar-refractivity contribution in [1.29, 1.82) is 0 Å². The maximum atomic E-state index is 5.55. The largest absolute Gasteiger partial charge is 0.369 e. The van der Waals surface area contributed by atoms with Gasteiger partial charge in [0.25, 0.3) is 0 Å². The van der Waals surface area contributed by atoms with E-state index in [2.05, 4.69) is 34.4 Å². The van der Waals surface area contributed by atoms with E-state index in [0.717, 1.165) is 36.7 Å². The third kappa shape index (κ3) is 3.18. The lowest BCUT2D eigenvalue weighted by Crippen LogP contribution is -2.16. The van der Waals surface area contributed by atoms with Gasteiger partial charge in [0.05, 0.1) is 11.9 Å². The van der Waals surface area contributed by atoms with E-state index in [4.69, 9.17) is 5.73 Å². The normalized spacial score (nSPS) is 11.3. The zero-order chi connectivity index (χ0) is 13.0. The Labute approximate surface area is 107 Å². The third-order valence-corrected chi connectivity index (χ3v) is 2.67. The first-order chi connectivity index (χ1) is 8.69. The van der Waals surface area contributed by atoms with Crippen molar-refractivity contribution in [2.45, 2.75) is 13.0 Å². The van der Waals surface area contributed by atoms with Crippen molar-refractivity contribution < 1.29 is 0 Å². The molecule has 6 heteroatoms.